The number of rotatable bonds is 1. The summed E-state index contributed by atoms with van der Waals surface area (Å²) < 4.78 is 28.5. The van der Waals surface area contributed by atoms with Crippen molar-refractivity contribution in [1.29, 1.82) is 0 Å². The summed E-state index contributed by atoms with van der Waals surface area (Å²) in [5.74, 6) is -0.561. The molecule has 0 unspecified atom stereocenters. The van der Waals surface area contributed by atoms with Crippen LogP contribution in [0.5, 0.6) is 0 Å². The molecule has 0 fully saturated rings. The second kappa shape index (κ2) is 3.66. The highest BCUT2D eigenvalue weighted by Gasteiger charge is 2.11. The summed E-state index contributed by atoms with van der Waals surface area (Å²) in [4.78, 5) is 4.12. The zero-order valence-electron chi connectivity index (χ0n) is 8.77. The molecule has 17 heavy (non-hydrogen) atoms. The number of halogens is 2. The summed E-state index contributed by atoms with van der Waals surface area (Å²) in [6, 6.07) is 8.88. The maximum Gasteiger partial charge on any atom is 0.147 e. The summed E-state index contributed by atoms with van der Waals surface area (Å²) in [5, 5.41) is 0. The topological polar surface area (TPSA) is 17.3 Å². The van der Waals surface area contributed by atoms with E-state index in [-0.39, 0.29) is 5.56 Å². The summed E-state index contributed by atoms with van der Waals surface area (Å²) in [5.41, 5.74) is 1.00. The van der Waals surface area contributed by atoms with Crippen molar-refractivity contribution in [3.63, 3.8) is 0 Å². The second-order valence-electron chi connectivity index (χ2n) is 3.70. The fourth-order valence-corrected chi connectivity index (χ4v) is 1.81. The van der Waals surface area contributed by atoms with Gasteiger partial charge in [0, 0.05) is 6.20 Å². The lowest BCUT2D eigenvalue weighted by atomic mass is 10.2. The van der Waals surface area contributed by atoms with Crippen molar-refractivity contribution in [1.82, 2.24) is 9.38 Å². The van der Waals surface area contributed by atoms with Crippen LogP contribution in [-0.2, 0) is 0 Å². The molecule has 2 heterocycles. The Hall–Kier alpha value is -2.23. The predicted octanol–water partition coefficient (Wildman–Crippen LogP) is 3.28. The minimum absolute atomic E-state index is 0.163. The van der Waals surface area contributed by atoms with Gasteiger partial charge in [-0.3, -0.25) is 4.40 Å². The van der Waals surface area contributed by atoms with E-state index in [0.29, 0.717) is 5.82 Å². The standard InChI is InChI=1S/C13H8F2N2/c14-9-4-5-12(15)11(7-9)13-16-8-10-3-1-2-6-17(10)13/h1-8H. The van der Waals surface area contributed by atoms with Crippen LogP contribution in [0, 0.1) is 11.6 Å². The van der Waals surface area contributed by atoms with Crippen molar-refractivity contribution >= 4 is 5.52 Å². The van der Waals surface area contributed by atoms with Gasteiger partial charge in [0.05, 0.1) is 17.3 Å². The molecular formula is C13H8F2N2. The quantitative estimate of drug-likeness (QED) is 0.627. The van der Waals surface area contributed by atoms with E-state index in [2.05, 4.69) is 4.98 Å². The van der Waals surface area contributed by atoms with Gasteiger partial charge in [-0.15, -0.1) is 0 Å². The molecule has 3 rings (SSSR count). The van der Waals surface area contributed by atoms with Crippen LogP contribution in [0.3, 0.4) is 0 Å². The zero-order chi connectivity index (χ0) is 11.8. The summed E-state index contributed by atoms with van der Waals surface area (Å²) in [6.45, 7) is 0. The highest BCUT2D eigenvalue weighted by Crippen LogP contribution is 2.23. The summed E-state index contributed by atoms with van der Waals surface area (Å²) in [7, 11) is 0. The molecule has 0 spiro atoms. The third-order valence-corrected chi connectivity index (χ3v) is 2.61. The Morgan fingerprint density at radius 1 is 1.06 bits per heavy atom. The Bertz CT molecular complexity index is 689. The van der Waals surface area contributed by atoms with Gasteiger partial charge in [-0.05, 0) is 30.3 Å². The maximum absolute atomic E-state index is 13.6. The molecule has 2 nitrogen and oxygen atoms in total. The Labute approximate surface area is 96.2 Å². The molecule has 0 amide bonds. The number of aromatic nitrogens is 2. The fourth-order valence-electron chi connectivity index (χ4n) is 1.81. The maximum atomic E-state index is 13.6. The molecular weight excluding hydrogens is 222 g/mol. The van der Waals surface area contributed by atoms with E-state index in [1.807, 2.05) is 18.2 Å². The highest BCUT2D eigenvalue weighted by atomic mass is 19.1. The lowest BCUT2D eigenvalue weighted by molar-refractivity contribution is 0.602. The van der Waals surface area contributed by atoms with E-state index in [4.69, 9.17) is 0 Å². The molecule has 0 aliphatic heterocycles. The Morgan fingerprint density at radius 2 is 1.94 bits per heavy atom. The van der Waals surface area contributed by atoms with Crippen LogP contribution in [-0.4, -0.2) is 9.38 Å². The third-order valence-electron chi connectivity index (χ3n) is 2.61. The molecule has 0 aliphatic rings. The van der Waals surface area contributed by atoms with E-state index < -0.39 is 11.6 Å². The number of hydrogen-bond donors (Lipinski definition) is 0. The van der Waals surface area contributed by atoms with Gasteiger partial charge in [-0.2, -0.15) is 0 Å². The van der Waals surface area contributed by atoms with Crippen molar-refractivity contribution in [2.45, 2.75) is 0 Å². The van der Waals surface area contributed by atoms with Gasteiger partial charge >= 0.3 is 0 Å². The molecule has 0 aliphatic carbocycles. The van der Waals surface area contributed by atoms with Gasteiger partial charge in [0.1, 0.15) is 17.5 Å². The monoisotopic (exact) mass is 230 g/mol. The second-order valence-corrected chi connectivity index (χ2v) is 3.70. The van der Waals surface area contributed by atoms with Crippen LogP contribution in [0.15, 0.2) is 48.8 Å². The van der Waals surface area contributed by atoms with E-state index in [0.717, 1.165) is 23.7 Å². The van der Waals surface area contributed by atoms with Crippen molar-refractivity contribution < 1.29 is 8.78 Å². The number of fused-ring (bicyclic) bond motifs is 1. The first kappa shape index (κ1) is 9.96. The van der Waals surface area contributed by atoms with Crippen LogP contribution in [0.2, 0.25) is 0 Å². The van der Waals surface area contributed by atoms with Crippen LogP contribution in [0.25, 0.3) is 16.9 Å². The van der Waals surface area contributed by atoms with Gasteiger partial charge < -0.3 is 0 Å². The average Bonchev–Trinajstić information content (AvgIpc) is 2.76. The summed E-state index contributed by atoms with van der Waals surface area (Å²) >= 11 is 0. The number of nitrogens with zero attached hydrogens (tertiary/aromatic N) is 2. The van der Waals surface area contributed by atoms with Crippen LogP contribution in [0.1, 0.15) is 0 Å². The largest absolute Gasteiger partial charge is 0.300 e. The Balaban J connectivity index is 2.31. The Morgan fingerprint density at radius 3 is 2.82 bits per heavy atom. The predicted molar refractivity (Wildman–Crippen MR) is 60.5 cm³/mol. The van der Waals surface area contributed by atoms with Crippen LogP contribution >= 0.6 is 0 Å². The first-order valence-corrected chi connectivity index (χ1v) is 5.13. The third kappa shape index (κ3) is 1.58. The average molecular weight is 230 g/mol. The molecule has 84 valence electrons. The van der Waals surface area contributed by atoms with E-state index in [9.17, 15) is 8.78 Å². The highest BCUT2D eigenvalue weighted by molar-refractivity contribution is 5.62. The number of hydrogen-bond acceptors (Lipinski definition) is 1. The van der Waals surface area contributed by atoms with E-state index in [1.165, 1.54) is 0 Å². The minimum Gasteiger partial charge on any atom is -0.300 e. The molecule has 0 radical (unpaired) electrons. The molecule has 4 heteroatoms. The lowest BCUT2D eigenvalue weighted by Crippen LogP contribution is -1.92. The van der Waals surface area contributed by atoms with Crippen molar-refractivity contribution in [2.24, 2.45) is 0 Å². The van der Waals surface area contributed by atoms with Crippen molar-refractivity contribution in [3.8, 4) is 11.4 Å². The van der Waals surface area contributed by atoms with Gasteiger partial charge in [-0.1, -0.05) is 6.07 Å². The lowest BCUT2D eigenvalue weighted by Gasteiger charge is -2.02. The van der Waals surface area contributed by atoms with Gasteiger partial charge in [0.2, 0.25) is 0 Å². The summed E-state index contributed by atoms with van der Waals surface area (Å²) in [6.07, 6.45) is 3.39. The van der Waals surface area contributed by atoms with Crippen molar-refractivity contribution in [3.05, 3.63) is 60.4 Å². The molecule has 0 atom stereocenters. The van der Waals surface area contributed by atoms with Gasteiger partial charge in [0.15, 0.2) is 0 Å². The minimum atomic E-state index is -0.484. The van der Waals surface area contributed by atoms with Crippen LogP contribution in [0.4, 0.5) is 8.78 Å². The molecule has 0 saturated heterocycles. The first-order valence-electron chi connectivity index (χ1n) is 5.13. The number of imidazole rings is 1. The fraction of sp³-hybridized carbons (Fsp3) is 0. The van der Waals surface area contributed by atoms with Gasteiger partial charge in [-0.25, -0.2) is 13.8 Å². The number of pyridine rings is 1. The first-order chi connectivity index (χ1) is 8.25. The number of benzene rings is 1. The molecule has 2 aromatic heterocycles. The van der Waals surface area contributed by atoms with E-state index in [1.54, 1.807) is 16.8 Å². The van der Waals surface area contributed by atoms with Crippen molar-refractivity contribution in [2.75, 3.05) is 0 Å². The van der Waals surface area contributed by atoms with Crippen LogP contribution < -0.4 is 0 Å². The molecule has 0 N–H and O–H groups in total. The SMILES string of the molecule is Fc1ccc(F)c(-c2ncc3ccccn23)c1. The van der Waals surface area contributed by atoms with Gasteiger partial charge in [0.25, 0.3) is 0 Å². The Kier molecular flexibility index (Phi) is 2.14. The molecule has 3 aromatic rings. The molecule has 0 bridgehead atoms. The molecule has 1 aromatic carbocycles. The zero-order valence-corrected chi connectivity index (χ0v) is 8.77. The van der Waals surface area contributed by atoms with E-state index >= 15 is 0 Å². The normalized spacial score (nSPS) is 10.9. The smallest absolute Gasteiger partial charge is 0.147 e. The molecule has 0 saturated carbocycles.